The van der Waals surface area contributed by atoms with Crippen LogP contribution in [0.25, 0.3) is 0 Å². The minimum Gasteiger partial charge on any atom is -0.369 e. The summed E-state index contributed by atoms with van der Waals surface area (Å²) >= 11 is 0. The molecule has 0 radical (unpaired) electrons. The van der Waals surface area contributed by atoms with Gasteiger partial charge < -0.3 is 10.2 Å². The van der Waals surface area contributed by atoms with E-state index in [0.29, 0.717) is 0 Å². The van der Waals surface area contributed by atoms with Gasteiger partial charge in [-0.1, -0.05) is 6.07 Å². The summed E-state index contributed by atoms with van der Waals surface area (Å²) in [6.07, 6.45) is 3.63. The van der Waals surface area contributed by atoms with Crippen molar-refractivity contribution in [3.8, 4) is 0 Å². The molecule has 0 spiro atoms. The van der Waals surface area contributed by atoms with E-state index in [-0.39, 0.29) is 5.82 Å². The number of nitrogens with one attached hydrogen (secondary N) is 1. The molecule has 1 heterocycles. The number of benzene rings is 1. The molecule has 1 N–H and O–H groups in total. The van der Waals surface area contributed by atoms with Crippen molar-refractivity contribution in [3.05, 3.63) is 29.6 Å². The maximum Gasteiger partial charge on any atom is 0.146 e. The number of hydrogen-bond donors (Lipinski definition) is 1. The molecule has 1 saturated heterocycles. The first-order chi connectivity index (χ1) is 7.81. The summed E-state index contributed by atoms with van der Waals surface area (Å²) < 4.78 is 13.9. The zero-order valence-corrected chi connectivity index (χ0v) is 9.80. The normalized spacial score (nSPS) is 16.5. The summed E-state index contributed by atoms with van der Waals surface area (Å²) in [5.41, 5.74) is 1.76. The number of rotatable bonds is 3. The average Bonchev–Trinajstić information content (AvgIpc) is 2.31. The molecule has 0 bridgehead atoms. The molecule has 88 valence electrons. The summed E-state index contributed by atoms with van der Waals surface area (Å²) in [4.78, 5) is 2.15. The van der Waals surface area contributed by atoms with Crippen LogP contribution in [0.5, 0.6) is 0 Å². The maximum absolute atomic E-state index is 13.9. The van der Waals surface area contributed by atoms with E-state index in [9.17, 15) is 4.39 Å². The molecule has 2 nitrogen and oxygen atoms in total. The van der Waals surface area contributed by atoms with Crippen molar-refractivity contribution in [2.75, 3.05) is 25.0 Å². The Labute approximate surface area is 96.5 Å². The van der Waals surface area contributed by atoms with Crippen LogP contribution < -0.4 is 10.2 Å². The highest BCUT2D eigenvalue weighted by Crippen LogP contribution is 2.23. The third-order valence-electron chi connectivity index (χ3n) is 3.09. The number of halogens is 1. The molecule has 0 aliphatic carbocycles. The predicted octanol–water partition coefficient (Wildman–Crippen LogP) is 2.54. The first-order valence-electron chi connectivity index (χ1n) is 5.99. The van der Waals surface area contributed by atoms with E-state index >= 15 is 0 Å². The van der Waals surface area contributed by atoms with E-state index in [0.717, 1.165) is 30.9 Å². The van der Waals surface area contributed by atoms with Crippen LogP contribution in [-0.2, 0) is 6.54 Å². The highest BCUT2D eigenvalue weighted by molar-refractivity contribution is 5.49. The van der Waals surface area contributed by atoms with Crippen LogP contribution in [0.4, 0.5) is 10.1 Å². The van der Waals surface area contributed by atoms with E-state index < -0.39 is 0 Å². The Morgan fingerprint density at radius 3 is 2.62 bits per heavy atom. The Bertz CT molecular complexity index is 346. The molecule has 1 aromatic carbocycles. The van der Waals surface area contributed by atoms with Gasteiger partial charge in [0.15, 0.2) is 0 Å². The van der Waals surface area contributed by atoms with Crippen molar-refractivity contribution in [2.24, 2.45) is 0 Å². The van der Waals surface area contributed by atoms with Gasteiger partial charge >= 0.3 is 0 Å². The fourth-order valence-corrected chi connectivity index (χ4v) is 2.26. The van der Waals surface area contributed by atoms with Crippen LogP contribution in [0.3, 0.4) is 0 Å². The van der Waals surface area contributed by atoms with Gasteiger partial charge in [-0.05, 0) is 44.0 Å². The van der Waals surface area contributed by atoms with E-state index in [1.54, 1.807) is 6.07 Å². The molecule has 1 fully saturated rings. The number of piperidine rings is 1. The zero-order chi connectivity index (χ0) is 11.4. The van der Waals surface area contributed by atoms with Gasteiger partial charge in [0.1, 0.15) is 5.82 Å². The Morgan fingerprint density at radius 2 is 2.00 bits per heavy atom. The van der Waals surface area contributed by atoms with E-state index in [2.05, 4.69) is 10.2 Å². The molecule has 1 aromatic rings. The SMILES string of the molecule is CNCc1ccc(N2CCCCC2)c(F)c1. The Kier molecular flexibility index (Phi) is 3.78. The lowest BCUT2D eigenvalue weighted by atomic mass is 10.1. The summed E-state index contributed by atoms with van der Waals surface area (Å²) in [7, 11) is 1.87. The van der Waals surface area contributed by atoms with Gasteiger partial charge in [-0.3, -0.25) is 0 Å². The predicted molar refractivity (Wildman–Crippen MR) is 65.2 cm³/mol. The second-order valence-electron chi connectivity index (χ2n) is 4.36. The first kappa shape index (κ1) is 11.4. The van der Waals surface area contributed by atoms with Gasteiger partial charge in [0.2, 0.25) is 0 Å². The average molecular weight is 222 g/mol. The highest BCUT2D eigenvalue weighted by atomic mass is 19.1. The van der Waals surface area contributed by atoms with Crippen molar-refractivity contribution < 1.29 is 4.39 Å². The number of hydrogen-bond acceptors (Lipinski definition) is 2. The molecule has 0 aromatic heterocycles. The third-order valence-corrected chi connectivity index (χ3v) is 3.09. The fraction of sp³-hybridized carbons (Fsp3) is 0.538. The fourth-order valence-electron chi connectivity index (χ4n) is 2.26. The van der Waals surface area contributed by atoms with Gasteiger partial charge in [-0.25, -0.2) is 4.39 Å². The zero-order valence-electron chi connectivity index (χ0n) is 9.80. The van der Waals surface area contributed by atoms with Crippen molar-refractivity contribution >= 4 is 5.69 Å². The molecule has 1 aliphatic rings. The smallest absolute Gasteiger partial charge is 0.146 e. The van der Waals surface area contributed by atoms with Crippen LogP contribution >= 0.6 is 0 Å². The van der Waals surface area contributed by atoms with Crippen molar-refractivity contribution in [1.29, 1.82) is 0 Å². The monoisotopic (exact) mass is 222 g/mol. The van der Waals surface area contributed by atoms with Crippen LogP contribution in [0, 0.1) is 5.82 Å². The van der Waals surface area contributed by atoms with Gasteiger partial charge in [-0.2, -0.15) is 0 Å². The summed E-state index contributed by atoms with van der Waals surface area (Å²) in [6, 6.07) is 5.55. The molecule has 0 unspecified atom stereocenters. The lowest BCUT2D eigenvalue weighted by molar-refractivity contribution is 0.556. The van der Waals surface area contributed by atoms with Crippen LogP contribution in [0.2, 0.25) is 0 Å². The van der Waals surface area contributed by atoms with Gasteiger partial charge in [0.05, 0.1) is 5.69 Å². The van der Waals surface area contributed by atoms with Crippen LogP contribution in [-0.4, -0.2) is 20.1 Å². The van der Waals surface area contributed by atoms with Crippen LogP contribution in [0.1, 0.15) is 24.8 Å². The molecule has 3 heteroatoms. The molecular weight excluding hydrogens is 203 g/mol. The molecule has 0 atom stereocenters. The molecule has 0 amide bonds. The van der Waals surface area contributed by atoms with E-state index in [4.69, 9.17) is 0 Å². The summed E-state index contributed by atoms with van der Waals surface area (Å²) in [5.74, 6) is -0.0883. The highest BCUT2D eigenvalue weighted by Gasteiger charge is 2.14. The van der Waals surface area contributed by atoms with Crippen molar-refractivity contribution in [3.63, 3.8) is 0 Å². The minimum atomic E-state index is -0.0883. The first-order valence-corrected chi connectivity index (χ1v) is 5.99. The molecule has 1 aliphatic heterocycles. The standard InChI is InChI=1S/C13H19FN2/c1-15-10-11-5-6-13(12(14)9-11)16-7-3-2-4-8-16/h5-6,9,15H,2-4,7-8,10H2,1H3. The Balaban J connectivity index is 2.14. The van der Waals surface area contributed by atoms with Crippen LogP contribution in [0.15, 0.2) is 18.2 Å². The van der Waals surface area contributed by atoms with Crippen molar-refractivity contribution in [1.82, 2.24) is 5.32 Å². The largest absolute Gasteiger partial charge is 0.369 e. The Morgan fingerprint density at radius 1 is 1.25 bits per heavy atom. The lowest BCUT2D eigenvalue weighted by Gasteiger charge is -2.29. The van der Waals surface area contributed by atoms with E-state index in [1.807, 2.05) is 19.2 Å². The van der Waals surface area contributed by atoms with Crippen molar-refractivity contribution in [2.45, 2.75) is 25.8 Å². The second kappa shape index (κ2) is 5.30. The van der Waals surface area contributed by atoms with Gasteiger partial charge in [0, 0.05) is 19.6 Å². The third kappa shape index (κ3) is 2.53. The number of anilines is 1. The molecular formula is C13H19FN2. The minimum absolute atomic E-state index is 0.0883. The number of nitrogens with zero attached hydrogens (tertiary/aromatic N) is 1. The van der Waals surface area contributed by atoms with Gasteiger partial charge in [-0.15, -0.1) is 0 Å². The molecule has 0 saturated carbocycles. The summed E-state index contributed by atoms with van der Waals surface area (Å²) in [6.45, 7) is 2.70. The maximum atomic E-state index is 13.9. The second-order valence-corrected chi connectivity index (χ2v) is 4.36. The Hall–Kier alpha value is -1.09. The van der Waals surface area contributed by atoms with Gasteiger partial charge in [0.25, 0.3) is 0 Å². The molecule has 2 rings (SSSR count). The lowest BCUT2D eigenvalue weighted by Crippen LogP contribution is -2.30. The topological polar surface area (TPSA) is 15.3 Å². The molecule has 16 heavy (non-hydrogen) atoms. The summed E-state index contributed by atoms with van der Waals surface area (Å²) in [5, 5.41) is 3.03. The van der Waals surface area contributed by atoms with E-state index in [1.165, 1.54) is 19.3 Å². The quantitative estimate of drug-likeness (QED) is 0.845.